The van der Waals surface area contributed by atoms with Gasteiger partial charge >= 0.3 is 0 Å². The Bertz CT molecular complexity index is 691. The molecule has 0 radical (unpaired) electrons. The summed E-state index contributed by atoms with van der Waals surface area (Å²) in [6.45, 7) is 5.40. The Labute approximate surface area is 155 Å². The molecule has 3 rings (SSSR count). The summed E-state index contributed by atoms with van der Waals surface area (Å²) in [6.07, 6.45) is 6.67. The predicted octanol–water partition coefficient (Wildman–Crippen LogP) is 3.43. The van der Waals surface area contributed by atoms with Crippen LogP contribution in [0, 0.1) is 0 Å². The van der Waals surface area contributed by atoms with E-state index in [1.165, 1.54) is 6.42 Å². The van der Waals surface area contributed by atoms with Crippen molar-refractivity contribution >= 4 is 5.91 Å². The fraction of sp³-hybridized carbons (Fsp3) is 0.550. The molecular formula is C20H28N4O2. The maximum atomic E-state index is 12.5. The first-order valence-corrected chi connectivity index (χ1v) is 9.51. The number of rotatable bonds is 7. The summed E-state index contributed by atoms with van der Waals surface area (Å²) >= 11 is 0. The van der Waals surface area contributed by atoms with Gasteiger partial charge in [-0.3, -0.25) is 9.48 Å². The first-order chi connectivity index (χ1) is 12.6. The van der Waals surface area contributed by atoms with Crippen LogP contribution in [0.4, 0.5) is 0 Å². The number of hydrogen-bond donors (Lipinski definition) is 0. The number of piperidine rings is 1. The van der Waals surface area contributed by atoms with Gasteiger partial charge in [-0.25, -0.2) is 0 Å². The van der Waals surface area contributed by atoms with E-state index >= 15 is 0 Å². The normalized spacial score (nSPS) is 20.2. The van der Waals surface area contributed by atoms with Crippen molar-refractivity contribution in [3.8, 4) is 5.75 Å². The van der Waals surface area contributed by atoms with Gasteiger partial charge in [0.15, 0.2) is 0 Å². The van der Waals surface area contributed by atoms with Crippen molar-refractivity contribution in [1.82, 2.24) is 19.9 Å². The van der Waals surface area contributed by atoms with E-state index < -0.39 is 0 Å². The van der Waals surface area contributed by atoms with Crippen molar-refractivity contribution in [2.24, 2.45) is 0 Å². The summed E-state index contributed by atoms with van der Waals surface area (Å²) in [5.74, 6) is 1.08. The molecule has 1 saturated heterocycles. The molecule has 6 heteroatoms. The number of benzene rings is 1. The topological polar surface area (TPSA) is 60.2 Å². The molecule has 1 aliphatic rings. The van der Waals surface area contributed by atoms with Gasteiger partial charge in [0, 0.05) is 25.0 Å². The number of aromatic nitrogens is 3. The number of nitrogens with zero attached hydrogens (tertiary/aromatic N) is 4. The zero-order chi connectivity index (χ0) is 18.4. The van der Waals surface area contributed by atoms with Gasteiger partial charge in [0.05, 0.1) is 6.20 Å². The second-order valence-corrected chi connectivity index (χ2v) is 7.11. The third kappa shape index (κ3) is 4.84. The van der Waals surface area contributed by atoms with Crippen molar-refractivity contribution in [2.45, 2.75) is 71.2 Å². The minimum absolute atomic E-state index is 0.262. The molecule has 0 saturated carbocycles. The Morgan fingerprint density at radius 2 is 1.92 bits per heavy atom. The quantitative estimate of drug-likeness (QED) is 0.763. The van der Waals surface area contributed by atoms with E-state index in [2.05, 4.69) is 29.1 Å². The molecule has 0 aliphatic carbocycles. The van der Waals surface area contributed by atoms with Crippen molar-refractivity contribution in [3.63, 3.8) is 0 Å². The zero-order valence-electron chi connectivity index (χ0n) is 15.7. The molecule has 0 unspecified atom stereocenters. The second-order valence-electron chi connectivity index (χ2n) is 7.11. The van der Waals surface area contributed by atoms with E-state index in [1.54, 1.807) is 4.68 Å². The summed E-state index contributed by atoms with van der Waals surface area (Å²) in [7, 11) is 0. The van der Waals surface area contributed by atoms with Crippen LogP contribution >= 0.6 is 0 Å². The molecule has 2 heterocycles. The van der Waals surface area contributed by atoms with Gasteiger partial charge in [-0.05, 0) is 51.7 Å². The smallest absolute Gasteiger partial charge is 0.223 e. The fourth-order valence-corrected chi connectivity index (χ4v) is 3.62. The Kier molecular flexibility index (Phi) is 6.26. The van der Waals surface area contributed by atoms with Crippen LogP contribution in [0.1, 0.15) is 51.6 Å². The number of amides is 1. The lowest BCUT2D eigenvalue weighted by atomic mass is 9.97. The molecular weight excluding hydrogens is 328 g/mol. The van der Waals surface area contributed by atoms with Crippen LogP contribution in [0.25, 0.3) is 0 Å². The second kappa shape index (κ2) is 8.83. The highest BCUT2D eigenvalue weighted by molar-refractivity contribution is 5.76. The largest absolute Gasteiger partial charge is 0.487 e. The highest BCUT2D eigenvalue weighted by Gasteiger charge is 2.28. The average molecular weight is 356 g/mol. The maximum Gasteiger partial charge on any atom is 0.223 e. The Morgan fingerprint density at radius 3 is 2.65 bits per heavy atom. The molecule has 26 heavy (non-hydrogen) atoms. The van der Waals surface area contributed by atoms with Crippen LogP contribution in [-0.4, -0.2) is 37.9 Å². The predicted molar refractivity (Wildman–Crippen MR) is 99.7 cm³/mol. The van der Waals surface area contributed by atoms with E-state index in [9.17, 15) is 4.79 Å². The lowest BCUT2D eigenvalue weighted by Gasteiger charge is -2.39. The molecule has 1 fully saturated rings. The summed E-state index contributed by atoms with van der Waals surface area (Å²) in [5.41, 5.74) is 0.790. The van der Waals surface area contributed by atoms with Crippen LogP contribution < -0.4 is 4.74 Å². The van der Waals surface area contributed by atoms with E-state index in [1.807, 2.05) is 36.5 Å². The molecule has 2 aromatic rings. The third-order valence-corrected chi connectivity index (χ3v) is 4.98. The maximum absolute atomic E-state index is 12.5. The van der Waals surface area contributed by atoms with Crippen molar-refractivity contribution in [1.29, 1.82) is 0 Å². The number of carbonyl (C=O) groups excluding carboxylic acids is 1. The zero-order valence-corrected chi connectivity index (χ0v) is 15.7. The van der Waals surface area contributed by atoms with Crippen molar-refractivity contribution in [2.75, 3.05) is 0 Å². The van der Waals surface area contributed by atoms with Crippen LogP contribution in [0.5, 0.6) is 5.75 Å². The SMILES string of the molecule is C[C@@H]1CCC[C@H](C)N1C(=O)CCCn1cc(COc2ccccc2)nn1. The first kappa shape index (κ1) is 18.4. The number of ether oxygens (including phenoxy) is 1. The molecule has 2 atom stereocenters. The molecule has 1 aliphatic heterocycles. The lowest BCUT2D eigenvalue weighted by molar-refractivity contribution is -0.137. The Morgan fingerprint density at radius 1 is 1.19 bits per heavy atom. The minimum atomic E-state index is 0.262. The minimum Gasteiger partial charge on any atom is -0.487 e. The number of carbonyl (C=O) groups is 1. The summed E-state index contributed by atoms with van der Waals surface area (Å²) in [5, 5.41) is 8.27. The van der Waals surface area contributed by atoms with Gasteiger partial charge in [-0.15, -0.1) is 5.10 Å². The molecule has 0 bridgehead atoms. The highest BCUT2D eigenvalue weighted by Crippen LogP contribution is 2.23. The van der Waals surface area contributed by atoms with Gasteiger partial charge in [0.2, 0.25) is 5.91 Å². The molecule has 1 amide bonds. The van der Waals surface area contributed by atoms with Gasteiger partial charge < -0.3 is 9.64 Å². The van der Waals surface area contributed by atoms with Gasteiger partial charge in [0.1, 0.15) is 18.1 Å². The summed E-state index contributed by atoms with van der Waals surface area (Å²) < 4.78 is 7.47. The molecule has 140 valence electrons. The number of para-hydroxylation sites is 1. The van der Waals surface area contributed by atoms with E-state index in [-0.39, 0.29) is 5.91 Å². The molecule has 0 spiro atoms. The van der Waals surface area contributed by atoms with Crippen LogP contribution in [0.2, 0.25) is 0 Å². The monoisotopic (exact) mass is 356 g/mol. The standard InChI is InChI=1S/C20H28N4O2/c1-16-8-6-9-17(2)24(16)20(25)12-7-13-23-14-18(21-22-23)15-26-19-10-4-3-5-11-19/h3-5,10-11,14,16-17H,6-9,12-13,15H2,1-2H3/t16-,17+. The van der Waals surface area contributed by atoms with Crippen molar-refractivity contribution < 1.29 is 9.53 Å². The first-order valence-electron chi connectivity index (χ1n) is 9.51. The van der Waals surface area contributed by atoms with Crippen LogP contribution in [-0.2, 0) is 17.9 Å². The lowest BCUT2D eigenvalue weighted by Crippen LogP contribution is -2.47. The third-order valence-electron chi connectivity index (χ3n) is 4.98. The number of aryl methyl sites for hydroxylation is 1. The van der Waals surface area contributed by atoms with Gasteiger partial charge in [-0.2, -0.15) is 0 Å². The van der Waals surface area contributed by atoms with E-state index in [0.29, 0.717) is 31.7 Å². The molecule has 6 nitrogen and oxygen atoms in total. The molecule has 1 aromatic carbocycles. The Balaban J connectivity index is 1.42. The van der Waals surface area contributed by atoms with Crippen molar-refractivity contribution in [3.05, 3.63) is 42.2 Å². The Hall–Kier alpha value is -2.37. The summed E-state index contributed by atoms with van der Waals surface area (Å²) in [4.78, 5) is 14.6. The van der Waals surface area contributed by atoms with Crippen LogP contribution in [0.3, 0.4) is 0 Å². The summed E-state index contributed by atoms with van der Waals surface area (Å²) in [6, 6.07) is 10.4. The van der Waals surface area contributed by atoms with Crippen LogP contribution in [0.15, 0.2) is 36.5 Å². The molecule has 1 aromatic heterocycles. The van der Waals surface area contributed by atoms with E-state index in [4.69, 9.17) is 4.74 Å². The van der Waals surface area contributed by atoms with E-state index in [0.717, 1.165) is 30.7 Å². The average Bonchev–Trinajstić information content (AvgIpc) is 3.08. The fourth-order valence-electron chi connectivity index (χ4n) is 3.62. The van der Waals surface area contributed by atoms with Gasteiger partial charge in [0.25, 0.3) is 0 Å². The number of hydrogen-bond acceptors (Lipinski definition) is 4. The van der Waals surface area contributed by atoms with Gasteiger partial charge in [-0.1, -0.05) is 23.4 Å². The highest BCUT2D eigenvalue weighted by atomic mass is 16.5. The number of likely N-dealkylation sites (tertiary alicyclic amines) is 1. The molecule has 0 N–H and O–H groups in total.